The van der Waals surface area contributed by atoms with E-state index in [1.807, 2.05) is 0 Å². The van der Waals surface area contributed by atoms with Crippen molar-refractivity contribution >= 4 is 29.4 Å². The van der Waals surface area contributed by atoms with Gasteiger partial charge < -0.3 is 4.74 Å². The Balaban J connectivity index is 2.78. The van der Waals surface area contributed by atoms with Crippen molar-refractivity contribution in [3.8, 4) is 0 Å². The van der Waals surface area contributed by atoms with Crippen LogP contribution in [0.15, 0.2) is 11.2 Å². The number of carbonyl (C=O) groups excluding carboxylic acids is 1. The summed E-state index contributed by atoms with van der Waals surface area (Å²) < 4.78 is 4.46. The molecule has 18 heavy (non-hydrogen) atoms. The molecule has 98 valence electrons. The largest absolute Gasteiger partial charge is 0.469 e. The molecule has 0 radical (unpaired) electrons. The van der Waals surface area contributed by atoms with Gasteiger partial charge in [-0.25, -0.2) is 10.8 Å². The molecular formula is C8H11N5O4S. The van der Waals surface area contributed by atoms with E-state index in [0.29, 0.717) is 5.75 Å². The maximum atomic E-state index is 10.9. The van der Waals surface area contributed by atoms with Gasteiger partial charge in [-0.1, -0.05) is 11.8 Å². The van der Waals surface area contributed by atoms with E-state index in [9.17, 15) is 14.9 Å². The second-order valence-corrected chi connectivity index (χ2v) is 4.04. The lowest BCUT2D eigenvalue weighted by atomic mass is 10.5. The van der Waals surface area contributed by atoms with Crippen LogP contribution < -0.4 is 11.3 Å². The molecule has 3 N–H and O–H groups in total. The van der Waals surface area contributed by atoms with Gasteiger partial charge in [-0.2, -0.15) is 4.98 Å². The second kappa shape index (κ2) is 6.71. The molecule has 1 heterocycles. The lowest BCUT2D eigenvalue weighted by Gasteiger charge is -2.03. The highest BCUT2D eigenvalue weighted by Gasteiger charge is 2.17. The van der Waals surface area contributed by atoms with Crippen molar-refractivity contribution in [2.24, 2.45) is 5.84 Å². The summed E-state index contributed by atoms with van der Waals surface area (Å²) in [5.74, 6) is 5.11. The number of esters is 1. The standard InChI is InChI=1S/C8H11N5O4S/c1-17-6(14)2-3-18-7-5(13(15)16)4-10-8(11-7)12-9/h4H,2-3,9H2,1H3,(H,10,11,12). The SMILES string of the molecule is COC(=O)CCSc1nc(NN)ncc1[N+](=O)[O-]. The summed E-state index contributed by atoms with van der Waals surface area (Å²) in [6.07, 6.45) is 1.19. The summed E-state index contributed by atoms with van der Waals surface area (Å²) in [5, 5.41) is 10.9. The molecule has 0 aliphatic heterocycles. The molecule has 0 atom stereocenters. The zero-order valence-corrected chi connectivity index (χ0v) is 10.3. The van der Waals surface area contributed by atoms with Crippen LogP contribution in [0.4, 0.5) is 11.6 Å². The fourth-order valence-electron chi connectivity index (χ4n) is 0.994. The highest BCUT2D eigenvalue weighted by atomic mass is 32.2. The van der Waals surface area contributed by atoms with Gasteiger partial charge in [0.05, 0.1) is 18.5 Å². The fraction of sp³-hybridized carbons (Fsp3) is 0.375. The normalized spacial score (nSPS) is 9.89. The number of nitrogens with two attached hydrogens (primary N) is 1. The number of hydrazine groups is 1. The first-order valence-corrected chi connectivity index (χ1v) is 5.74. The summed E-state index contributed by atoms with van der Waals surface area (Å²) in [6, 6.07) is 0. The number of rotatable bonds is 6. The summed E-state index contributed by atoms with van der Waals surface area (Å²) in [6.45, 7) is 0. The summed E-state index contributed by atoms with van der Waals surface area (Å²) in [4.78, 5) is 28.6. The fourth-order valence-corrected chi connectivity index (χ4v) is 1.88. The zero-order valence-electron chi connectivity index (χ0n) is 9.45. The van der Waals surface area contributed by atoms with Gasteiger partial charge in [0.1, 0.15) is 6.20 Å². The first kappa shape index (κ1) is 14.1. The number of thioether (sulfide) groups is 1. The Kier molecular flexibility index (Phi) is 5.27. The molecule has 10 heteroatoms. The quantitative estimate of drug-likeness (QED) is 0.188. The predicted molar refractivity (Wildman–Crippen MR) is 63.9 cm³/mol. The minimum Gasteiger partial charge on any atom is -0.469 e. The van der Waals surface area contributed by atoms with Crippen molar-refractivity contribution in [1.29, 1.82) is 0 Å². The molecule has 0 bridgehead atoms. The molecule has 0 amide bonds. The molecule has 1 aromatic rings. The van der Waals surface area contributed by atoms with Crippen LogP contribution in [0, 0.1) is 10.1 Å². The van der Waals surface area contributed by atoms with E-state index in [4.69, 9.17) is 5.84 Å². The number of nitrogens with one attached hydrogen (secondary N) is 1. The number of ether oxygens (including phenoxy) is 1. The van der Waals surface area contributed by atoms with Crippen LogP contribution in [0.25, 0.3) is 0 Å². The monoisotopic (exact) mass is 273 g/mol. The molecule has 9 nitrogen and oxygen atoms in total. The van der Waals surface area contributed by atoms with Crippen molar-refractivity contribution in [2.45, 2.75) is 11.4 Å². The van der Waals surface area contributed by atoms with Gasteiger partial charge in [-0.15, -0.1) is 0 Å². The van der Waals surface area contributed by atoms with Crippen molar-refractivity contribution in [1.82, 2.24) is 9.97 Å². The van der Waals surface area contributed by atoms with Crippen LogP contribution in [0.1, 0.15) is 6.42 Å². The van der Waals surface area contributed by atoms with Gasteiger partial charge in [0, 0.05) is 5.75 Å². The number of hydrogen-bond acceptors (Lipinski definition) is 9. The number of hydrogen-bond donors (Lipinski definition) is 2. The number of nitro groups is 1. The van der Waals surface area contributed by atoms with Gasteiger partial charge in [0.25, 0.3) is 0 Å². The Bertz CT molecular complexity index is 455. The molecule has 0 aliphatic carbocycles. The molecule has 0 saturated carbocycles. The van der Waals surface area contributed by atoms with E-state index in [1.54, 1.807) is 0 Å². The van der Waals surface area contributed by atoms with Gasteiger partial charge in [0.2, 0.25) is 5.95 Å². The number of methoxy groups -OCH3 is 1. The van der Waals surface area contributed by atoms with E-state index in [-0.39, 0.29) is 23.1 Å². The third-order valence-electron chi connectivity index (χ3n) is 1.83. The third-order valence-corrected chi connectivity index (χ3v) is 2.82. The Morgan fingerprint density at radius 1 is 1.72 bits per heavy atom. The van der Waals surface area contributed by atoms with E-state index in [2.05, 4.69) is 20.1 Å². The van der Waals surface area contributed by atoms with Crippen molar-refractivity contribution < 1.29 is 14.5 Å². The summed E-state index contributed by atoms with van der Waals surface area (Å²) in [7, 11) is 1.27. The first-order chi connectivity index (χ1) is 8.58. The maximum Gasteiger partial charge on any atom is 0.319 e. The van der Waals surface area contributed by atoms with Crippen LogP contribution in [-0.2, 0) is 9.53 Å². The van der Waals surface area contributed by atoms with Crippen molar-refractivity contribution in [3.63, 3.8) is 0 Å². The molecule has 0 unspecified atom stereocenters. The predicted octanol–water partition coefficient (Wildman–Crippen LogP) is 0.326. The number of aromatic nitrogens is 2. The molecular weight excluding hydrogens is 262 g/mol. The number of nitrogen functional groups attached to an aromatic ring is 1. The third kappa shape index (κ3) is 3.82. The average Bonchev–Trinajstić information content (AvgIpc) is 2.37. The second-order valence-electron chi connectivity index (χ2n) is 2.96. The van der Waals surface area contributed by atoms with Gasteiger partial charge in [-0.05, 0) is 0 Å². The van der Waals surface area contributed by atoms with Gasteiger partial charge in [-0.3, -0.25) is 20.3 Å². The molecule has 1 aromatic heterocycles. The smallest absolute Gasteiger partial charge is 0.319 e. The lowest BCUT2D eigenvalue weighted by molar-refractivity contribution is -0.388. The summed E-state index contributed by atoms with van der Waals surface area (Å²) in [5.41, 5.74) is 1.96. The Hall–Kier alpha value is -1.94. The van der Waals surface area contributed by atoms with Crippen molar-refractivity contribution in [2.75, 3.05) is 18.3 Å². The minimum absolute atomic E-state index is 0.0705. The van der Waals surface area contributed by atoms with Crippen LogP contribution in [0.3, 0.4) is 0 Å². The van der Waals surface area contributed by atoms with E-state index >= 15 is 0 Å². The lowest BCUT2D eigenvalue weighted by Crippen LogP contribution is -2.11. The molecule has 0 fully saturated rings. The number of anilines is 1. The molecule has 0 spiro atoms. The number of nitrogens with zero attached hydrogens (tertiary/aromatic N) is 3. The minimum atomic E-state index is -0.596. The van der Waals surface area contributed by atoms with Gasteiger partial charge >= 0.3 is 11.7 Å². The zero-order chi connectivity index (χ0) is 13.5. The van der Waals surface area contributed by atoms with Crippen molar-refractivity contribution in [3.05, 3.63) is 16.3 Å². The Morgan fingerprint density at radius 2 is 2.44 bits per heavy atom. The van der Waals surface area contributed by atoms with E-state index in [0.717, 1.165) is 18.0 Å². The van der Waals surface area contributed by atoms with Crippen LogP contribution in [0.5, 0.6) is 0 Å². The van der Waals surface area contributed by atoms with Crippen LogP contribution >= 0.6 is 11.8 Å². The van der Waals surface area contributed by atoms with E-state index in [1.165, 1.54) is 7.11 Å². The molecule has 0 saturated heterocycles. The van der Waals surface area contributed by atoms with Crippen LogP contribution in [0.2, 0.25) is 0 Å². The highest BCUT2D eigenvalue weighted by Crippen LogP contribution is 2.27. The van der Waals surface area contributed by atoms with Gasteiger partial charge in [0.15, 0.2) is 5.03 Å². The Morgan fingerprint density at radius 3 is 3.00 bits per heavy atom. The topological polar surface area (TPSA) is 133 Å². The summed E-state index contributed by atoms with van der Waals surface area (Å²) >= 11 is 1.06. The molecule has 0 aliphatic rings. The molecule has 0 aromatic carbocycles. The highest BCUT2D eigenvalue weighted by molar-refractivity contribution is 7.99. The first-order valence-electron chi connectivity index (χ1n) is 4.76. The van der Waals surface area contributed by atoms with Crippen LogP contribution in [-0.4, -0.2) is 33.7 Å². The number of carbonyl (C=O) groups is 1. The maximum absolute atomic E-state index is 10.9. The van der Waals surface area contributed by atoms with E-state index < -0.39 is 10.9 Å². The Labute approximate surface area is 106 Å². The average molecular weight is 273 g/mol. The molecule has 1 rings (SSSR count).